The van der Waals surface area contributed by atoms with Gasteiger partial charge in [-0.05, 0) is 0 Å². The number of nitrogens with one attached hydrogen (secondary N) is 1. The average molecular weight is 167 g/mol. The molecule has 0 unspecified atom stereocenters. The van der Waals surface area contributed by atoms with Crippen molar-refractivity contribution in [2.24, 2.45) is 0 Å². The molecule has 0 aliphatic carbocycles. The Morgan fingerprint density at radius 2 is 2.45 bits per heavy atom. The summed E-state index contributed by atoms with van der Waals surface area (Å²) in [4.78, 5) is 3.86. The molecular formula is C5H5N5S. The van der Waals surface area contributed by atoms with E-state index in [2.05, 4.69) is 15.3 Å². The van der Waals surface area contributed by atoms with Gasteiger partial charge in [-0.15, -0.1) is 0 Å². The minimum atomic E-state index is 0.324. The van der Waals surface area contributed by atoms with Crippen molar-refractivity contribution in [2.45, 2.75) is 0 Å². The molecule has 5 nitrogen and oxygen atoms in total. The number of anilines is 1. The molecule has 6 heteroatoms. The first kappa shape index (κ1) is 6.29. The van der Waals surface area contributed by atoms with Crippen LogP contribution in [0.3, 0.4) is 0 Å². The van der Waals surface area contributed by atoms with Crippen LogP contribution < -0.4 is 5.73 Å². The Labute approximate surface area is 66.8 Å². The number of hydrogen-bond acceptors (Lipinski definition) is 4. The highest BCUT2D eigenvalue weighted by molar-refractivity contribution is 7.71. The Balaban J connectivity index is 3.02. The van der Waals surface area contributed by atoms with Gasteiger partial charge in [0.1, 0.15) is 4.64 Å². The van der Waals surface area contributed by atoms with E-state index < -0.39 is 0 Å². The van der Waals surface area contributed by atoms with Crippen LogP contribution in [0.2, 0.25) is 0 Å². The predicted molar refractivity (Wildman–Crippen MR) is 42.6 cm³/mol. The van der Waals surface area contributed by atoms with Gasteiger partial charge in [0.2, 0.25) is 5.95 Å². The second-order valence-electron chi connectivity index (χ2n) is 2.07. The van der Waals surface area contributed by atoms with Crippen LogP contribution in [-0.2, 0) is 0 Å². The molecule has 2 heterocycles. The lowest BCUT2D eigenvalue weighted by molar-refractivity contribution is 0.846. The van der Waals surface area contributed by atoms with Crippen LogP contribution in [0.5, 0.6) is 0 Å². The van der Waals surface area contributed by atoms with Crippen LogP contribution in [0.1, 0.15) is 0 Å². The highest BCUT2D eigenvalue weighted by Crippen LogP contribution is 2.03. The summed E-state index contributed by atoms with van der Waals surface area (Å²) in [6, 6.07) is 1.72. The number of nitrogens with two attached hydrogens (primary N) is 1. The molecular weight excluding hydrogens is 162 g/mol. The molecule has 0 bridgehead atoms. The zero-order valence-electron chi connectivity index (χ0n) is 5.48. The summed E-state index contributed by atoms with van der Waals surface area (Å²) in [7, 11) is 0. The van der Waals surface area contributed by atoms with Gasteiger partial charge in [0.25, 0.3) is 0 Å². The first-order valence-corrected chi connectivity index (χ1v) is 3.37. The fourth-order valence-corrected chi connectivity index (χ4v) is 1.09. The van der Waals surface area contributed by atoms with Crippen molar-refractivity contribution >= 4 is 23.7 Å². The molecule has 0 atom stereocenters. The molecule has 11 heavy (non-hydrogen) atoms. The molecule has 0 saturated carbocycles. The first-order chi connectivity index (χ1) is 5.27. The van der Waals surface area contributed by atoms with Gasteiger partial charge in [0, 0.05) is 6.07 Å². The minimum Gasteiger partial charge on any atom is -0.368 e. The van der Waals surface area contributed by atoms with Crippen LogP contribution in [0.15, 0.2) is 12.3 Å². The molecule has 0 radical (unpaired) electrons. The van der Waals surface area contributed by atoms with E-state index in [-0.39, 0.29) is 0 Å². The van der Waals surface area contributed by atoms with Gasteiger partial charge in [-0.25, -0.2) is 14.7 Å². The Bertz CT molecular complexity index is 441. The van der Waals surface area contributed by atoms with Gasteiger partial charge < -0.3 is 5.73 Å². The maximum absolute atomic E-state index is 5.52. The van der Waals surface area contributed by atoms with Crippen molar-refractivity contribution < 1.29 is 0 Å². The quantitative estimate of drug-likeness (QED) is 0.556. The lowest BCUT2D eigenvalue weighted by Crippen LogP contribution is -2.01. The van der Waals surface area contributed by atoms with Crippen molar-refractivity contribution in [1.29, 1.82) is 0 Å². The SMILES string of the molecule is Nc1nc(=S)cc2cn[nH]n12. The molecule has 2 aromatic rings. The maximum Gasteiger partial charge on any atom is 0.222 e. The normalized spacial score (nSPS) is 10.5. The van der Waals surface area contributed by atoms with Crippen LogP contribution in [0, 0.1) is 4.64 Å². The van der Waals surface area contributed by atoms with Crippen LogP contribution in [0.25, 0.3) is 5.52 Å². The van der Waals surface area contributed by atoms with E-state index in [0.29, 0.717) is 10.6 Å². The predicted octanol–water partition coefficient (Wildman–Crippen LogP) is 0.369. The standard InChI is InChI=1S/C5H5N5S/c6-5-8-4(11)1-3-2-7-9-10(3)5/h1-2,9H,(H2,6,8,11). The molecule has 0 aliphatic heterocycles. The van der Waals surface area contributed by atoms with Crippen molar-refractivity contribution in [1.82, 2.24) is 19.8 Å². The van der Waals surface area contributed by atoms with Gasteiger partial charge in [-0.2, -0.15) is 5.10 Å². The number of fused-ring (bicyclic) bond motifs is 1. The smallest absolute Gasteiger partial charge is 0.222 e. The van der Waals surface area contributed by atoms with E-state index in [1.54, 1.807) is 16.8 Å². The average Bonchev–Trinajstić information content (AvgIpc) is 2.34. The Morgan fingerprint density at radius 1 is 1.64 bits per heavy atom. The number of aromatic amines is 1. The summed E-state index contributed by atoms with van der Waals surface area (Å²) in [6.45, 7) is 0. The van der Waals surface area contributed by atoms with E-state index in [0.717, 1.165) is 5.52 Å². The molecule has 0 amide bonds. The number of aromatic nitrogens is 4. The summed E-state index contributed by atoms with van der Waals surface area (Å²) in [5, 5.41) is 6.42. The van der Waals surface area contributed by atoms with Crippen molar-refractivity contribution in [2.75, 3.05) is 5.73 Å². The van der Waals surface area contributed by atoms with Crippen LogP contribution >= 0.6 is 12.2 Å². The molecule has 0 saturated heterocycles. The van der Waals surface area contributed by atoms with Crippen molar-refractivity contribution in [3.8, 4) is 0 Å². The van der Waals surface area contributed by atoms with E-state index in [9.17, 15) is 0 Å². The second-order valence-corrected chi connectivity index (χ2v) is 2.49. The van der Waals surface area contributed by atoms with Gasteiger partial charge in [0.15, 0.2) is 0 Å². The molecule has 0 fully saturated rings. The van der Waals surface area contributed by atoms with E-state index in [1.807, 2.05) is 0 Å². The van der Waals surface area contributed by atoms with E-state index in [4.69, 9.17) is 18.0 Å². The number of H-pyrrole nitrogens is 1. The highest BCUT2D eigenvalue weighted by atomic mass is 32.1. The lowest BCUT2D eigenvalue weighted by Gasteiger charge is -1.94. The zero-order chi connectivity index (χ0) is 7.84. The number of nitrogens with zero attached hydrogens (tertiary/aromatic N) is 3. The highest BCUT2D eigenvalue weighted by Gasteiger charge is 1.96. The second kappa shape index (κ2) is 2.03. The summed E-state index contributed by atoms with van der Waals surface area (Å²) in [5.74, 6) is 0.324. The molecule has 2 aromatic heterocycles. The minimum absolute atomic E-state index is 0.324. The van der Waals surface area contributed by atoms with Gasteiger partial charge >= 0.3 is 0 Å². The molecule has 56 valence electrons. The van der Waals surface area contributed by atoms with E-state index >= 15 is 0 Å². The lowest BCUT2D eigenvalue weighted by atomic mass is 10.5. The fraction of sp³-hybridized carbons (Fsp3) is 0. The Morgan fingerprint density at radius 3 is 3.27 bits per heavy atom. The number of rotatable bonds is 0. The van der Waals surface area contributed by atoms with Crippen molar-refractivity contribution in [3.05, 3.63) is 16.9 Å². The van der Waals surface area contributed by atoms with Crippen molar-refractivity contribution in [3.63, 3.8) is 0 Å². The van der Waals surface area contributed by atoms with Crippen LogP contribution in [-0.4, -0.2) is 19.8 Å². The summed E-state index contributed by atoms with van der Waals surface area (Å²) < 4.78 is 2.03. The molecule has 0 aromatic carbocycles. The fourth-order valence-electron chi connectivity index (χ4n) is 0.875. The molecule has 2 rings (SSSR count). The summed E-state index contributed by atoms with van der Waals surface area (Å²) in [5.41, 5.74) is 6.34. The first-order valence-electron chi connectivity index (χ1n) is 2.96. The third-order valence-electron chi connectivity index (χ3n) is 1.34. The summed E-state index contributed by atoms with van der Waals surface area (Å²) >= 11 is 4.85. The number of hydrogen-bond donors (Lipinski definition) is 2. The zero-order valence-corrected chi connectivity index (χ0v) is 6.30. The topological polar surface area (TPSA) is 72.0 Å². The monoisotopic (exact) mass is 167 g/mol. The van der Waals surface area contributed by atoms with Gasteiger partial charge in [-0.3, -0.25) is 0 Å². The third-order valence-corrected chi connectivity index (χ3v) is 1.55. The number of nitrogen functional groups attached to an aromatic ring is 1. The molecule has 0 aliphatic rings. The van der Waals surface area contributed by atoms with E-state index in [1.165, 1.54) is 0 Å². The molecule has 0 spiro atoms. The third kappa shape index (κ3) is 0.874. The van der Waals surface area contributed by atoms with Gasteiger partial charge in [0.05, 0.1) is 11.7 Å². The Hall–Kier alpha value is -1.43. The Kier molecular flexibility index (Phi) is 1.16. The summed E-state index contributed by atoms with van der Waals surface area (Å²) in [6.07, 6.45) is 1.63. The van der Waals surface area contributed by atoms with Crippen LogP contribution in [0.4, 0.5) is 5.95 Å². The maximum atomic E-state index is 5.52. The van der Waals surface area contributed by atoms with Gasteiger partial charge in [-0.1, -0.05) is 12.2 Å². The largest absolute Gasteiger partial charge is 0.368 e. The molecule has 3 N–H and O–H groups in total.